The van der Waals surface area contributed by atoms with Gasteiger partial charge in [-0.2, -0.15) is 0 Å². The molecular weight excluding hydrogens is 584 g/mol. The highest BCUT2D eigenvalue weighted by molar-refractivity contribution is 9.09. The first-order valence-corrected chi connectivity index (χ1v) is 14.7. The van der Waals surface area contributed by atoms with Crippen molar-refractivity contribution in [2.75, 3.05) is 157 Å². The maximum Gasteiger partial charge on any atom is 0.111 e. The summed E-state index contributed by atoms with van der Waals surface area (Å²) in [5, 5.41) is 0.838. The van der Waals surface area contributed by atoms with E-state index in [-0.39, 0.29) is 0 Å². The minimum atomic E-state index is 0.504. The predicted molar refractivity (Wildman–Crippen MR) is 149 cm³/mol. The van der Waals surface area contributed by atoms with Crippen LogP contribution in [0.2, 0.25) is 0 Å². The van der Waals surface area contributed by atoms with Gasteiger partial charge in [-0.05, 0) is 0 Å². The van der Waals surface area contributed by atoms with Crippen LogP contribution in [-0.2, 0) is 56.8 Å². The zero-order valence-corrected chi connectivity index (χ0v) is 25.1. The van der Waals surface area contributed by atoms with E-state index in [1.165, 1.54) is 6.26 Å². The van der Waals surface area contributed by atoms with Gasteiger partial charge in [-0.1, -0.05) is 22.5 Å². The van der Waals surface area contributed by atoms with Crippen molar-refractivity contribution < 1.29 is 56.8 Å². The quantitative estimate of drug-likeness (QED) is 0.0568. The average molecular weight is 636 g/mol. The zero-order chi connectivity index (χ0) is 28.2. The Labute approximate surface area is 242 Å². The Morgan fingerprint density at radius 3 is 0.667 bits per heavy atom. The van der Waals surface area contributed by atoms with Gasteiger partial charge in [-0.3, -0.25) is 0 Å². The molecule has 0 heterocycles. The minimum Gasteiger partial charge on any atom is -0.499 e. The molecule has 0 radical (unpaired) electrons. The van der Waals surface area contributed by atoms with Crippen LogP contribution in [0.1, 0.15) is 0 Å². The fourth-order valence-corrected chi connectivity index (χ4v) is 2.78. The van der Waals surface area contributed by atoms with E-state index >= 15 is 0 Å². The van der Waals surface area contributed by atoms with Gasteiger partial charge in [-0.25, -0.2) is 0 Å². The summed E-state index contributed by atoms with van der Waals surface area (Å²) >= 11 is 3.30. The van der Waals surface area contributed by atoms with Gasteiger partial charge in [-0.15, -0.1) is 0 Å². The largest absolute Gasteiger partial charge is 0.499 e. The monoisotopic (exact) mass is 634 g/mol. The zero-order valence-electron chi connectivity index (χ0n) is 23.5. The molecule has 234 valence electrons. The predicted octanol–water partition coefficient (Wildman–Crippen LogP) is 1.72. The molecule has 0 atom stereocenters. The van der Waals surface area contributed by atoms with E-state index in [0.29, 0.717) is 152 Å². The second-order valence-electron chi connectivity index (χ2n) is 7.46. The highest BCUT2D eigenvalue weighted by Gasteiger charge is 1.96. The van der Waals surface area contributed by atoms with E-state index in [1.54, 1.807) is 0 Å². The van der Waals surface area contributed by atoms with E-state index in [1.807, 2.05) is 0 Å². The second-order valence-corrected chi connectivity index (χ2v) is 8.26. The number of hydrogen-bond acceptors (Lipinski definition) is 12. The number of alkyl halides is 1. The van der Waals surface area contributed by atoms with Crippen LogP contribution in [0.5, 0.6) is 0 Å². The number of hydrogen-bond donors (Lipinski definition) is 0. The third kappa shape index (κ3) is 37.6. The molecule has 0 unspecified atom stereocenters. The first-order chi connectivity index (χ1) is 19.4. The Morgan fingerprint density at radius 1 is 0.308 bits per heavy atom. The third-order valence-electron chi connectivity index (χ3n) is 4.40. The minimum absolute atomic E-state index is 0.504. The molecule has 0 spiro atoms. The molecule has 0 aromatic rings. The lowest BCUT2D eigenvalue weighted by molar-refractivity contribution is -0.0277. The summed E-state index contributed by atoms with van der Waals surface area (Å²) in [5.41, 5.74) is 0. The molecule has 0 N–H and O–H groups in total. The van der Waals surface area contributed by atoms with Crippen molar-refractivity contribution in [1.29, 1.82) is 0 Å². The SMILES string of the molecule is C=COCCOCCOCCOCCOCCOCCOCCOCCOCCOCCOCCOCCBr. The normalized spacial score (nSPS) is 11.3. The molecule has 12 nitrogen and oxygen atoms in total. The van der Waals surface area contributed by atoms with Crippen molar-refractivity contribution >= 4 is 15.9 Å². The van der Waals surface area contributed by atoms with Crippen LogP contribution in [0.25, 0.3) is 0 Å². The van der Waals surface area contributed by atoms with Crippen molar-refractivity contribution in [3.05, 3.63) is 12.8 Å². The Morgan fingerprint density at radius 2 is 0.487 bits per heavy atom. The van der Waals surface area contributed by atoms with E-state index in [4.69, 9.17) is 56.8 Å². The molecular formula is C26H51BrO12. The fourth-order valence-electron chi connectivity index (χ4n) is 2.55. The Bertz CT molecular complexity index is 451. The lowest BCUT2D eigenvalue weighted by Crippen LogP contribution is -2.15. The van der Waals surface area contributed by atoms with E-state index in [2.05, 4.69) is 22.5 Å². The van der Waals surface area contributed by atoms with E-state index in [9.17, 15) is 0 Å². The second kappa shape index (κ2) is 37.6. The average Bonchev–Trinajstić information content (AvgIpc) is 2.95. The summed E-state index contributed by atoms with van der Waals surface area (Å²) in [5.74, 6) is 0. The van der Waals surface area contributed by atoms with Crippen LogP contribution in [0, 0.1) is 0 Å². The number of halogens is 1. The van der Waals surface area contributed by atoms with Gasteiger partial charge in [0.15, 0.2) is 0 Å². The van der Waals surface area contributed by atoms with Crippen LogP contribution >= 0.6 is 15.9 Å². The maximum absolute atomic E-state index is 5.46. The molecule has 13 heteroatoms. The molecule has 0 amide bonds. The van der Waals surface area contributed by atoms with Crippen LogP contribution in [-0.4, -0.2) is 157 Å². The fraction of sp³-hybridized carbons (Fsp3) is 0.923. The van der Waals surface area contributed by atoms with Crippen molar-refractivity contribution in [3.8, 4) is 0 Å². The Kier molecular flexibility index (Phi) is 37.2. The summed E-state index contributed by atoms with van der Waals surface area (Å²) in [7, 11) is 0. The molecule has 0 saturated carbocycles. The van der Waals surface area contributed by atoms with Gasteiger partial charge >= 0.3 is 0 Å². The molecule has 0 saturated heterocycles. The molecule has 0 aliphatic rings. The van der Waals surface area contributed by atoms with Crippen LogP contribution < -0.4 is 0 Å². The topological polar surface area (TPSA) is 111 Å². The van der Waals surface area contributed by atoms with Crippen LogP contribution in [0.15, 0.2) is 12.8 Å². The van der Waals surface area contributed by atoms with Gasteiger partial charge in [0, 0.05) is 5.33 Å². The van der Waals surface area contributed by atoms with Gasteiger partial charge in [0.05, 0.1) is 152 Å². The van der Waals surface area contributed by atoms with Crippen LogP contribution in [0.4, 0.5) is 0 Å². The summed E-state index contributed by atoms with van der Waals surface area (Å²) in [4.78, 5) is 0. The Hall–Kier alpha value is -0.420. The van der Waals surface area contributed by atoms with Crippen molar-refractivity contribution in [3.63, 3.8) is 0 Å². The molecule has 0 rings (SSSR count). The van der Waals surface area contributed by atoms with Gasteiger partial charge < -0.3 is 56.8 Å². The number of rotatable bonds is 36. The first-order valence-electron chi connectivity index (χ1n) is 13.6. The van der Waals surface area contributed by atoms with E-state index in [0.717, 1.165) is 5.33 Å². The molecule has 0 aromatic carbocycles. The molecule has 0 aliphatic carbocycles. The van der Waals surface area contributed by atoms with E-state index < -0.39 is 0 Å². The highest BCUT2D eigenvalue weighted by atomic mass is 79.9. The highest BCUT2D eigenvalue weighted by Crippen LogP contribution is 1.87. The van der Waals surface area contributed by atoms with Gasteiger partial charge in [0.2, 0.25) is 0 Å². The lowest BCUT2D eigenvalue weighted by Gasteiger charge is -2.09. The summed E-state index contributed by atoms with van der Waals surface area (Å²) in [6.07, 6.45) is 1.40. The molecule has 0 fully saturated rings. The molecule has 39 heavy (non-hydrogen) atoms. The van der Waals surface area contributed by atoms with Gasteiger partial charge in [0.1, 0.15) is 6.61 Å². The molecule has 0 bridgehead atoms. The van der Waals surface area contributed by atoms with Gasteiger partial charge in [0.25, 0.3) is 0 Å². The Balaban J connectivity index is 3.02. The standard InChI is InChI=1S/C26H51BrO12/c1-2-28-5-6-30-9-10-32-13-14-34-17-18-36-21-22-38-25-26-39-24-23-37-20-19-35-16-15-33-12-11-31-8-7-29-4-3-27/h2H,1,3-26H2. The first kappa shape index (κ1) is 38.6. The molecule has 0 aromatic heterocycles. The summed E-state index contributed by atoms with van der Waals surface area (Å²) in [6.45, 7) is 15.8. The smallest absolute Gasteiger partial charge is 0.111 e. The molecule has 0 aliphatic heterocycles. The van der Waals surface area contributed by atoms with Crippen LogP contribution in [0.3, 0.4) is 0 Å². The van der Waals surface area contributed by atoms with Crippen molar-refractivity contribution in [2.24, 2.45) is 0 Å². The maximum atomic E-state index is 5.46. The lowest BCUT2D eigenvalue weighted by atomic mass is 10.6. The number of ether oxygens (including phenoxy) is 12. The summed E-state index contributed by atoms with van der Waals surface area (Å²) in [6, 6.07) is 0. The van der Waals surface area contributed by atoms with Crippen molar-refractivity contribution in [1.82, 2.24) is 0 Å². The summed E-state index contributed by atoms with van der Waals surface area (Å²) < 4.78 is 64.4. The van der Waals surface area contributed by atoms with Crippen molar-refractivity contribution in [2.45, 2.75) is 0 Å². The third-order valence-corrected chi connectivity index (χ3v) is 4.73.